The van der Waals surface area contributed by atoms with E-state index in [0.717, 1.165) is 0 Å². The Morgan fingerprint density at radius 3 is 2.88 bits per heavy atom. The average molecular weight is 304 g/mol. The van der Waals surface area contributed by atoms with Gasteiger partial charge in [0.1, 0.15) is 0 Å². The van der Waals surface area contributed by atoms with Crippen LogP contribution in [-0.2, 0) is 10.0 Å². The molecule has 5 nitrogen and oxygen atoms in total. The van der Waals surface area contributed by atoms with Gasteiger partial charge in [-0.2, -0.15) is 5.26 Å². The summed E-state index contributed by atoms with van der Waals surface area (Å²) in [6.45, 7) is 1.65. The molecule has 86 valence electrons. The largest absolute Gasteiger partial charge is 0.281 e. The van der Waals surface area contributed by atoms with Crippen LogP contribution in [0, 0.1) is 11.3 Å². The van der Waals surface area contributed by atoms with Crippen LogP contribution in [0.3, 0.4) is 0 Å². The predicted octanol–water partition coefficient (Wildman–Crippen LogP) is 1.89. The lowest BCUT2D eigenvalue weighted by Crippen LogP contribution is -2.26. The first-order valence-corrected chi connectivity index (χ1v) is 6.86. The number of halogens is 1. The fourth-order valence-corrected chi connectivity index (χ4v) is 2.75. The maximum absolute atomic E-state index is 11.7. The highest BCUT2D eigenvalue weighted by molar-refractivity contribution is 9.10. The van der Waals surface area contributed by atoms with Crippen LogP contribution in [0.1, 0.15) is 13.3 Å². The fourth-order valence-electron chi connectivity index (χ4n) is 1.06. The topological polar surface area (TPSA) is 82.8 Å². The van der Waals surface area contributed by atoms with E-state index in [-0.39, 0.29) is 6.42 Å². The molecule has 0 bridgehead atoms. The molecule has 0 aliphatic rings. The van der Waals surface area contributed by atoms with E-state index >= 15 is 0 Å². The van der Waals surface area contributed by atoms with E-state index in [2.05, 4.69) is 25.6 Å². The molecule has 7 heteroatoms. The van der Waals surface area contributed by atoms with Crippen molar-refractivity contribution in [2.24, 2.45) is 0 Å². The smallest absolute Gasteiger partial charge is 0.249 e. The first-order chi connectivity index (χ1) is 7.51. The SMILES string of the molecule is CCC(C#N)S(=O)(=O)Nc1ccncc1Br. The molecule has 1 N–H and O–H groups in total. The highest BCUT2D eigenvalue weighted by Crippen LogP contribution is 2.22. The average Bonchev–Trinajstić information content (AvgIpc) is 2.22. The second kappa shape index (κ2) is 5.27. The van der Waals surface area contributed by atoms with Crippen molar-refractivity contribution in [3.05, 3.63) is 22.9 Å². The monoisotopic (exact) mass is 303 g/mol. The molecular weight excluding hydrogens is 294 g/mol. The van der Waals surface area contributed by atoms with Crippen LogP contribution in [0.4, 0.5) is 5.69 Å². The summed E-state index contributed by atoms with van der Waals surface area (Å²) in [5.41, 5.74) is 0.378. The molecule has 0 saturated heterocycles. The first kappa shape index (κ1) is 12.9. The Morgan fingerprint density at radius 1 is 1.69 bits per heavy atom. The minimum atomic E-state index is -3.67. The standard InChI is InChI=1S/C9H10BrN3O2S/c1-2-7(5-11)16(14,15)13-9-3-4-12-6-8(9)10/h3-4,6-7H,2H2,1H3,(H,12,13). The van der Waals surface area contributed by atoms with E-state index in [9.17, 15) is 8.42 Å². The molecule has 0 aliphatic carbocycles. The molecule has 0 amide bonds. The van der Waals surface area contributed by atoms with Crippen LogP contribution in [0.5, 0.6) is 0 Å². The molecule has 1 heterocycles. The number of aromatic nitrogens is 1. The number of anilines is 1. The van der Waals surface area contributed by atoms with Crippen LogP contribution in [0.2, 0.25) is 0 Å². The van der Waals surface area contributed by atoms with Gasteiger partial charge in [0.15, 0.2) is 5.25 Å². The summed E-state index contributed by atoms with van der Waals surface area (Å²) in [6.07, 6.45) is 3.19. The van der Waals surface area contributed by atoms with Gasteiger partial charge in [-0.25, -0.2) is 8.42 Å². The van der Waals surface area contributed by atoms with Gasteiger partial charge in [-0.3, -0.25) is 9.71 Å². The Balaban J connectivity index is 2.99. The lowest BCUT2D eigenvalue weighted by atomic mass is 10.4. The number of sulfonamides is 1. The van der Waals surface area contributed by atoms with Crippen LogP contribution in [0.15, 0.2) is 22.9 Å². The third kappa shape index (κ3) is 2.93. The highest BCUT2D eigenvalue weighted by atomic mass is 79.9. The molecule has 1 unspecified atom stereocenters. The van der Waals surface area contributed by atoms with Crippen LogP contribution < -0.4 is 4.72 Å². The van der Waals surface area contributed by atoms with E-state index in [1.54, 1.807) is 13.0 Å². The lowest BCUT2D eigenvalue weighted by molar-refractivity contribution is 0.593. The van der Waals surface area contributed by atoms with Gasteiger partial charge in [-0.05, 0) is 28.4 Å². The fraction of sp³-hybridized carbons (Fsp3) is 0.333. The van der Waals surface area contributed by atoms with E-state index in [0.29, 0.717) is 10.2 Å². The quantitative estimate of drug-likeness (QED) is 0.920. The maximum atomic E-state index is 11.7. The maximum Gasteiger partial charge on any atom is 0.249 e. The van der Waals surface area contributed by atoms with Crippen molar-refractivity contribution in [3.8, 4) is 6.07 Å². The molecule has 1 atom stereocenters. The Kier molecular flexibility index (Phi) is 4.26. The third-order valence-electron chi connectivity index (χ3n) is 1.91. The van der Waals surface area contributed by atoms with Gasteiger partial charge in [0.25, 0.3) is 0 Å². The molecule has 16 heavy (non-hydrogen) atoms. The van der Waals surface area contributed by atoms with Gasteiger partial charge in [0, 0.05) is 12.4 Å². The molecule has 0 aliphatic heterocycles. The minimum absolute atomic E-state index is 0.245. The van der Waals surface area contributed by atoms with Gasteiger partial charge in [-0.1, -0.05) is 6.92 Å². The predicted molar refractivity (Wildman–Crippen MR) is 64.2 cm³/mol. The molecule has 1 rings (SSSR count). The normalized spacial score (nSPS) is 12.8. The second-order valence-electron chi connectivity index (χ2n) is 3.03. The third-order valence-corrected chi connectivity index (χ3v) is 4.24. The van der Waals surface area contributed by atoms with Gasteiger partial charge >= 0.3 is 0 Å². The molecule has 1 aromatic rings. The summed E-state index contributed by atoms with van der Waals surface area (Å²) >= 11 is 3.17. The summed E-state index contributed by atoms with van der Waals surface area (Å²) in [7, 11) is -3.67. The van der Waals surface area contributed by atoms with Gasteiger partial charge in [-0.15, -0.1) is 0 Å². The van der Waals surface area contributed by atoms with Crippen LogP contribution in [-0.4, -0.2) is 18.7 Å². The highest BCUT2D eigenvalue weighted by Gasteiger charge is 2.23. The number of nitrogens with zero attached hydrogens (tertiary/aromatic N) is 2. The second-order valence-corrected chi connectivity index (χ2v) is 5.75. The molecule has 0 fully saturated rings. The Hall–Kier alpha value is -1.13. The van der Waals surface area contributed by atoms with E-state index < -0.39 is 15.3 Å². The van der Waals surface area contributed by atoms with Gasteiger partial charge in [0.05, 0.1) is 16.2 Å². The van der Waals surface area contributed by atoms with Gasteiger partial charge in [0.2, 0.25) is 10.0 Å². The zero-order valence-electron chi connectivity index (χ0n) is 8.51. The molecular formula is C9H10BrN3O2S. The van der Waals surface area contributed by atoms with Crippen LogP contribution in [0.25, 0.3) is 0 Å². The zero-order chi connectivity index (χ0) is 12.2. The number of rotatable bonds is 4. The number of nitriles is 1. The van der Waals surface area contributed by atoms with Crippen molar-refractivity contribution in [1.82, 2.24) is 4.98 Å². The Bertz CT molecular complexity index is 510. The van der Waals surface area contributed by atoms with Crippen molar-refractivity contribution in [2.75, 3.05) is 4.72 Å². The van der Waals surface area contributed by atoms with Gasteiger partial charge < -0.3 is 0 Å². The summed E-state index contributed by atoms with van der Waals surface area (Å²) in [4.78, 5) is 3.81. The van der Waals surface area contributed by atoms with Crippen molar-refractivity contribution < 1.29 is 8.42 Å². The summed E-state index contributed by atoms with van der Waals surface area (Å²) in [6, 6.07) is 3.27. The summed E-state index contributed by atoms with van der Waals surface area (Å²) in [5.74, 6) is 0. The van der Waals surface area contributed by atoms with E-state index in [4.69, 9.17) is 5.26 Å². The lowest BCUT2D eigenvalue weighted by Gasteiger charge is -2.11. The molecule has 0 aromatic carbocycles. The molecule has 0 radical (unpaired) electrons. The molecule has 0 saturated carbocycles. The number of hydrogen-bond donors (Lipinski definition) is 1. The summed E-state index contributed by atoms with van der Waals surface area (Å²) in [5, 5.41) is 7.67. The van der Waals surface area contributed by atoms with Crippen molar-refractivity contribution in [3.63, 3.8) is 0 Å². The minimum Gasteiger partial charge on any atom is -0.281 e. The number of hydrogen-bond acceptors (Lipinski definition) is 4. The van der Waals surface area contributed by atoms with Crippen LogP contribution >= 0.6 is 15.9 Å². The first-order valence-electron chi connectivity index (χ1n) is 4.52. The molecule has 1 aromatic heterocycles. The van der Waals surface area contributed by atoms with Crippen molar-refractivity contribution in [2.45, 2.75) is 18.6 Å². The van der Waals surface area contributed by atoms with E-state index in [1.165, 1.54) is 18.5 Å². The Morgan fingerprint density at radius 2 is 2.38 bits per heavy atom. The van der Waals surface area contributed by atoms with Crippen molar-refractivity contribution >= 4 is 31.6 Å². The number of pyridine rings is 1. The van der Waals surface area contributed by atoms with Crippen molar-refractivity contribution in [1.29, 1.82) is 5.26 Å². The molecule has 0 spiro atoms. The number of nitrogens with one attached hydrogen (secondary N) is 1. The Labute approximate surface area is 103 Å². The zero-order valence-corrected chi connectivity index (χ0v) is 10.9. The van der Waals surface area contributed by atoms with E-state index in [1.807, 2.05) is 0 Å². The summed E-state index contributed by atoms with van der Waals surface area (Å²) < 4.78 is 26.4.